The van der Waals surface area contributed by atoms with Crippen molar-refractivity contribution >= 4 is 23.5 Å². The lowest BCUT2D eigenvalue weighted by Gasteiger charge is -2.41. The van der Waals surface area contributed by atoms with Crippen molar-refractivity contribution in [3.63, 3.8) is 0 Å². The van der Waals surface area contributed by atoms with Crippen LogP contribution in [0.5, 0.6) is 0 Å². The van der Waals surface area contributed by atoms with Crippen molar-refractivity contribution in [3.05, 3.63) is 34.6 Å². The number of nitrogens with zero attached hydrogens (tertiary/aromatic N) is 1. The molecule has 1 fully saturated rings. The van der Waals surface area contributed by atoms with E-state index < -0.39 is 23.2 Å². The summed E-state index contributed by atoms with van der Waals surface area (Å²) in [6.45, 7) is 1.91. The van der Waals surface area contributed by atoms with Crippen LogP contribution in [0, 0.1) is 5.82 Å². The molecule has 4 nitrogen and oxygen atoms in total. The van der Waals surface area contributed by atoms with Crippen LogP contribution in [0.25, 0.3) is 0 Å². The first-order valence-electron chi connectivity index (χ1n) is 6.36. The summed E-state index contributed by atoms with van der Waals surface area (Å²) >= 11 is 5.67. The number of benzene rings is 1. The lowest BCUT2D eigenvalue weighted by molar-refractivity contribution is -0.150. The van der Waals surface area contributed by atoms with Gasteiger partial charge < -0.3 is 10.0 Å². The van der Waals surface area contributed by atoms with Crippen LogP contribution in [-0.2, 0) is 4.79 Å². The molecule has 1 amide bonds. The van der Waals surface area contributed by atoms with Crippen molar-refractivity contribution in [1.29, 1.82) is 0 Å². The number of carboxylic acids is 1. The molecule has 6 heteroatoms. The molecular weight excluding hydrogens is 285 g/mol. The lowest BCUT2D eigenvalue weighted by atomic mass is 9.88. The predicted octanol–water partition coefficient (Wildman–Crippen LogP) is 2.95. The van der Waals surface area contributed by atoms with Gasteiger partial charge in [0.25, 0.3) is 5.91 Å². The highest BCUT2D eigenvalue weighted by atomic mass is 35.5. The average molecular weight is 300 g/mol. The second-order valence-electron chi connectivity index (χ2n) is 5.12. The van der Waals surface area contributed by atoms with E-state index in [0.29, 0.717) is 13.0 Å². The molecule has 1 unspecified atom stereocenters. The Kier molecular flexibility index (Phi) is 3.99. The van der Waals surface area contributed by atoms with Gasteiger partial charge in [0.1, 0.15) is 11.4 Å². The standard InChI is InChI=1S/C14H15ClFNO3/c1-14(13(19)20)6-2-3-7-17(14)12(18)9-4-5-11(16)10(15)8-9/h4-5,8H,2-3,6-7H2,1H3,(H,19,20). The Morgan fingerprint density at radius 2 is 2.10 bits per heavy atom. The lowest BCUT2D eigenvalue weighted by Crippen LogP contribution is -2.57. The second kappa shape index (κ2) is 5.40. The molecule has 0 aliphatic carbocycles. The van der Waals surface area contributed by atoms with Crippen LogP contribution < -0.4 is 0 Å². The Morgan fingerprint density at radius 3 is 2.70 bits per heavy atom. The van der Waals surface area contributed by atoms with E-state index >= 15 is 0 Å². The number of hydrogen-bond acceptors (Lipinski definition) is 2. The first-order chi connectivity index (χ1) is 9.36. The first-order valence-corrected chi connectivity index (χ1v) is 6.74. The number of rotatable bonds is 2. The maximum Gasteiger partial charge on any atom is 0.329 e. The van der Waals surface area contributed by atoms with Crippen LogP contribution in [0.2, 0.25) is 5.02 Å². The van der Waals surface area contributed by atoms with Crippen LogP contribution in [0.1, 0.15) is 36.5 Å². The molecule has 0 saturated carbocycles. The molecule has 0 bridgehead atoms. The van der Waals surface area contributed by atoms with Gasteiger partial charge in [0.05, 0.1) is 5.02 Å². The van der Waals surface area contributed by atoms with Gasteiger partial charge in [-0.05, 0) is 44.4 Å². The molecule has 0 spiro atoms. The third kappa shape index (κ3) is 2.50. The summed E-state index contributed by atoms with van der Waals surface area (Å²) in [6.07, 6.45) is 1.92. The van der Waals surface area contributed by atoms with Gasteiger partial charge in [-0.2, -0.15) is 0 Å². The van der Waals surface area contributed by atoms with Gasteiger partial charge in [-0.3, -0.25) is 4.79 Å². The molecule has 1 saturated heterocycles. The summed E-state index contributed by atoms with van der Waals surface area (Å²) in [5.41, 5.74) is -1.03. The quantitative estimate of drug-likeness (QED) is 0.913. The Morgan fingerprint density at radius 1 is 1.40 bits per heavy atom. The Bertz CT molecular complexity index is 563. The smallest absolute Gasteiger partial charge is 0.329 e. The van der Waals surface area contributed by atoms with E-state index in [1.807, 2.05) is 0 Å². The Hall–Kier alpha value is -1.62. The predicted molar refractivity (Wildman–Crippen MR) is 72.3 cm³/mol. The summed E-state index contributed by atoms with van der Waals surface area (Å²) in [5.74, 6) is -2.07. The molecule has 1 aromatic carbocycles. The fourth-order valence-corrected chi connectivity index (χ4v) is 2.63. The number of carbonyl (C=O) groups is 2. The van der Waals surface area contributed by atoms with E-state index in [-0.39, 0.29) is 10.6 Å². The van der Waals surface area contributed by atoms with Gasteiger partial charge in [0.15, 0.2) is 0 Å². The number of hydrogen-bond donors (Lipinski definition) is 1. The van der Waals surface area contributed by atoms with Crippen LogP contribution >= 0.6 is 11.6 Å². The van der Waals surface area contributed by atoms with Crippen LogP contribution in [0.15, 0.2) is 18.2 Å². The molecule has 1 aromatic rings. The van der Waals surface area contributed by atoms with Gasteiger partial charge in [-0.25, -0.2) is 9.18 Å². The topological polar surface area (TPSA) is 57.6 Å². The van der Waals surface area contributed by atoms with E-state index in [1.165, 1.54) is 24.0 Å². The number of amides is 1. The van der Waals surface area contributed by atoms with Gasteiger partial charge in [-0.15, -0.1) is 0 Å². The molecule has 0 aromatic heterocycles. The largest absolute Gasteiger partial charge is 0.480 e. The number of likely N-dealkylation sites (tertiary alicyclic amines) is 1. The summed E-state index contributed by atoms with van der Waals surface area (Å²) in [5, 5.41) is 9.23. The molecule has 1 heterocycles. The number of aliphatic carboxylic acids is 1. The molecular formula is C14H15ClFNO3. The van der Waals surface area contributed by atoms with Crippen molar-refractivity contribution in [2.45, 2.75) is 31.7 Å². The molecule has 108 valence electrons. The highest BCUT2D eigenvalue weighted by molar-refractivity contribution is 6.31. The number of halogens is 2. The third-order valence-electron chi connectivity index (χ3n) is 3.76. The van der Waals surface area contributed by atoms with E-state index in [4.69, 9.17) is 11.6 Å². The second-order valence-corrected chi connectivity index (χ2v) is 5.53. The summed E-state index contributed by atoms with van der Waals surface area (Å²) in [7, 11) is 0. The molecule has 1 N–H and O–H groups in total. The number of carboxylic acid groups (broad SMARTS) is 1. The minimum absolute atomic E-state index is 0.148. The fraction of sp³-hybridized carbons (Fsp3) is 0.429. The van der Waals surface area contributed by atoms with Crippen molar-refractivity contribution in [2.75, 3.05) is 6.54 Å². The highest BCUT2D eigenvalue weighted by Gasteiger charge is 2.44. The van der Waals surface area contributed by atoms with Gasteiger partial charge in [-0.1, -0.05) is 11.6 Å². The van der Waals surface area contributed by atoms with Gasteiger partial charge in [0, 0.05) is 12.1 Å². The monoisotopic (exact) mass is 299 g/mol. The molecule has 20 heavy (non-hydrogen) atoms. The normalized spacial score (nSPS) is 22.6. The molecule has 2 rings (SSSR count). The van der Waals surface area contributed by atoms with E-state index in [9.17, 15) is 19.1 Å². The van der Waals surface area contributed by atoms with Crippen LogP contribution in [0.3, 0.4) is 0 Å². The maximum atomic E-state index is 13.1. The van der Waals surface area contributed by atoms with E-state index in [2.05, 4.69) is 0 Å². The number of piperidine rings is 1. The zero-order valence-electron chi connectivity index (χ0n) is 11.0. The molecule has 1 aliphatic heterocycles. The number of carbonyl (C=O) groups excluding carboxylic acids is 1. The molecule has 0 radical (unpaired) electrons. The third-order valence-corrected chi connectivity index (χ3v) is 4.05. The minimum Gasteiger partial charge on any atom is -0.480 e. The van der Waals surface area contributed by atoms with E-state index in [1.54, 1.807) is 0 Å². The van der Waals surface area contributed by atoms with Gasteiger partial charge in [0.2, 0.25) is 0 Å². The van der Waals surface area contributed by atoms with Crippen LogP contribution in [0.4, 0.5) is 4.39 Å². The Balaban J connectivity index is 2.35. The minimum atomic E-state index is -1.23. The van der Waals surface area contributed by atoms with Crippen molar-refractivity contribution in [2.24, 2.45) is 0 Å². The Labute approximate surface area is 121 Å². The van der Waals surface area contributed by atoms with Crippen molar-refractivity contribution in [1.82, 2.24) is 4.90 Å². The van der Waals surface area contributed by atoms with Gasteiger partial charge >= 0.3 is 5.97 Å². The summed E-state index contributed by atoms with van der Waals surface area (Å²) in [6, 6.07) is 3.66. The zero-order chi connectivity index (χ0) is 14.9. The summed E-state index contributed by atoms with van der Waals surface area (Å²) < 4.78 is 13.1. The SMILES string of the molecule is CC1(C(=O)O)CCCCN1C(=O)c1ccc(F)c(Cl)c1. The maximum absolute atomic E-state index is 13.1. The van der Waals surface area contributed by atoms with Crippen molar-refractivity contribution in [3.8, 4) is 0 Å². The van der Waals surface area contributed by atoms with Crippen molar-refractivity contribution < 1.29 is 19.1 Å². The zero-order valence-corrected chi connectivity index (χ0v) is 11.8. The highest BCUT2D eigenvalue weighted by Crippen LogP contribution is 2.30. The summed E-state index contributed by atoms with van der Waals surface area (Å²) in [4.78, 5) is 25.3. The molecule has 1 aliphatic rings. The average Bonchev–Trinajstić information content (AvgIpc) is 2.41. The van der Waals surface area contributed by atoms with E-state index in [0.717, 1.165) is 18.9 Å². The fourth-order valence-electron chi connectivity index (χ4n) is 2.45. The molecule has 1 atom stereocenters. The first kappa shape index (κ1) is 14.8. The van der Waals surface area contributed by atoms with Crippen LogP contribution in [-0.4, -0.2) is 34.0 Å².